The van der Waals surface area contributed by atoms with Crippen molar-refractivity contribution in [2.75, 3.05) is 0 Å². The van der Waals surface area contributed by atoms with E-state index >= 15 is 0 Å². The quantitative estimate of drug-likeness (QED) is 0.0634. The molecule has 0 aromatic rings. The van der Waals surface area contributed by atoms with Crippen molar-refractivity contribution in [3.8, 4) is 0 Å². The third-order valence-corrected chi connectivity index (χ3v) is 10.1. The lowest BCUT2D eigenvalue weighted by atomic mass is 9.97. The fourth-order valence-corrected chi connectivity index (χ4v) is 7.28. The lowest BCUT2D eigenvalue weighted by molar-refractivity contribution is -0.139. The minimum atomic E-state index is -0.794. The number of aliphatic hydroxyl groups excluding tert-OH is 4. The second-order valence-electron chi connectivity index (χ2n) is 14.2. The maximum atomic E-state index is 11.7. The Morgan fingerprint density at radius 3 is 2.00 bits per heavy atom. The molecule has 8 heteroatoms. The molecule has 2 fully saturated rings. The molecule has 0 bridgehead atoms. The first-order valence-electron chi connectivity index (χ1n) is 18.7. The highest BCUT2D eigenvalue weighted by Gasteiger charge is 2.39. The Labute approximate surface area is 273 Å². The van der Waals surface area contributed by atoms with Crippen molar-refractivity contribution in [1.29, 1.82) is 0 Å². The number of unbranched alkanes of at least 4 members (excludes halogenated alkanes) is 11. The van der Waals surface area contributed by atoms with Crippen LogP contribution in [0.25, 0.3) is 0 Å². The van der Waals surface area contributed by atoms with E-state index in [-0.39, 0.29) is 36.5 Å². The van der Waals surface area contributed by atoms with Crippen molar-refractivity contribution >= 4 is 5.97 Å². The molecule has 3 aliphatic rings. The maximum Gasteiger partial charge on any atom is 0.334 e. The molecule has 0 spiro atoms. The van der Waals surface area contributed by atoms with E-state index in [1.807, 2.05) is 13.0 Å². The predicted octanol–water partition coefficient (Wildman–Crippen LogP) is 6.83. The van der Waals surface area contributed by atoms with Gasteiger partial charge in [-0.2, -0.15) is 0 Å². The normalized spacial score (nSPS) is 27.8. The van der Waals surface area contributed by atoms with Crippen LogP contribution in [0, 0.1) is 0 Å². The zero-order valence-electron chi connectivity index (χ0n) is 28.5. The smallest absolute Gasteiger partial charge is 0.334 e. The molecule has 9 atom stereocenters. The molecule has 45 heavy (non-hydrogen) atoms. The Morgan fingerprint density at radius 1 is 0.711 bits per heavy atom. The highest BCUT2D eigenvalue weighted by Crippen LogP contribution is 2.34. The second-order valence-corrected chi connectivity index (χ2v) is 14.2. The standard InChI is InChI=1S/C37H66O8/c1-3-4-5-6-7-8-12-15-18-31(39)32(40)20-21-33(41)34-23-24-36(45-34)35-22-19-30(44-35)17-14-11-9-10-13-16-29(38)26-28-25-27(2)43-37(28)42/h25,27,29-36,38-41H,3-24,26H2,1-2H3/t27?,29?,30-,31+,32+,33-,34-,35-,36-/m1/s1. The molecule has 0 aliphatic carbocycles. The van der Waals surface area contributed by atoms with Gasteiger partial charge in [0.25, 0.3) is 0 Å². The summed E-state index contributed by atoms with van der Waals surface area (Å²) in [6.45, 7) is 4.06. The zero-order chi connectivity index (χ0) is 32.4. The van der Waals surface area contributed by atoms with Gasteiger partial charge in [-0.05, 0) is 70.8 Å². The molecule has 8 nitrogen and oxygen atoms in total. The third-order valence-electron chi connectivity index (χ3n) is 10.1. The molecular weight excluding hydrogens is 572 g/mol. The van der Waals surface area contributed by atoms with Gasteiger partial charge in [-0.1, -0.05) is 90.4 Å². The Kier molecular flexibility index (Phi) is 18.6. The summed E-state index contributed by atoms with van der Waals surface area (Å²) < 4.78 is 17.7. The number of cyclic esters (lactones) is 1. The van der Waals surface area contributed by atoms with E-state index < -0.39 is 24.4 Å². The Morgan fingerprint density at radius 2 is 1.31 bits per heavy atom. The van der Waals surface area contributed by atoms with Crippen molar-refractivity contribution in [2.45, 2.75) is 216 Å². The van der Waals surface area contributed by atoms with Crippen molar-refractivity contribution in [3.63, 3.8) is 0 Å². The number of hydrogen-bond donors (Lipinski definition) is 4. The van der Waals surface area contributed by atoms with Crippen molar-refractivity contribution in [2.24, 2.45) is 0 Å². The minimum absolute atomic E-state index is 0.0311. The fourth-order valence-electron chi connectivity index (χ4n) is 7.28. The van der Waals surface area contributed by atoms with Gasteiger partial charge < -0.3 is 34.6 Å². The number of carbonyl (C=O) groups excluding carboxylic acids is 1. The van der Waals surface area contributed by atoms with E-state index in [0.717, 1.165) is 77.0 Å². The monoisotopic (exact) mass is 638 g/mol. The average molecular weight is 639 g/mol. The van der Waals surface area contributed by atoms with Crippen LogP contribution in [0.2, 0.25) is 0 Å². The molecule has 2 unspecified atom stereocenters. The van der Waals surface area contributed by atoms with Gasteiger partial charge in [0.05, 0.1) is 48.8 Å². The van der Waals surface area contributed by atoms with E-state index in [2.05, 4.69) is 6.92 Å². The summed E-state index contributed by atoms with van der Waals surface area (Å²) in [4.78, 5) is 11.7. The van der Waals surface area contributed by atoms with E-state index in [1.54, 1.807) is 0 Å². The molecule has 4 N–H and O–H groups in total. The van der Waals surface area contributed by atoms with Gasteiger partial charge in [-0.25, -0.2) is 4.79 Å². The van der Waals surface area contributed by atoms with Crippen LogP contribution >= 0.6 is 0 Å². The molecule has 3 rings (SSSR count). The zero-order valence-corrected chi connectivity index (χ0v) is 28.5. The van der Waals surface area contributed by atoms with Gasteiger partial charge in [0.15, 0.2) is 0 Å². The Balaban J connectivity index is 1.17. The van der Waals surface area contributed by atoms with Crippen LogP contribution in [-0.2, 0) is 19.0 Å². The molecule has 0 aromatic heterocycles. The Hall–Kier alpha value is -1.03. The van der Waals surface area contributed by atoms with E-state index in [1.165, 1.54) is 38.5 Å². The molecule has 0 saturated carbocycles. The number of ether oxygens (including phenoxy) is 3. The Bertz CT molecular complexity index is 833. The second kappa shape index (κ2) is 21.8. The van der Waals surface area contributed by atoms with E-state index in [4.69, 9.17) is 14.2 Å². The summed E-state index contributed by atoms with van der Waals surface area (Å²) >= 11 is 0. The van der Waals surface area contributed by atoms with Gasteiger partial charge in [-0.15, -0.1) is 0 Å². The molecule has 3 aliphatic heterocycles. The van der Waals surface area contributed by atoms with Gasteiger partial charge >= 0.3 is 5.97 Å². The lowest BCUT2D eigenvalue weighted by Gasteiger charge is -2.24. The number of esters is 1. The van der Waals surface area contributed by atoms with Gasteiger partial charge in [-0.3, -0.25) is 0 Å². The first-order chi connectivity index (χ1) is 21.8. The fraction of sp³-hybridized carbons (Fsp3) is 0.919. The minimum Gasteiger partial charge on any atom is -0.455 e. The van der Waals surface area contributed by atoms with Crippen molar-refractivity contribution in [1.82, 2.24) is 0 Å². The van der Waals surface area contributed by atoms with Crippen LogP contribution in [-0.4, -0.2) is 81.3 Å². The number of rotatable bonds is 25. The summed E-state index contributed by atoms with van der Waals surface area (Å²) in [6.07, 6.45) is 21.8. The summed E-state index contributed by atoms with van der Waals surface area (Å²) in [5.74, 6) is -0.290. The topological polar surface area (TPSA) is 126 Å². The van der Waals surface area contributed by atoms with Gasteiger partial charge in [0.1, 0.15) is 6.10 Å². The number of carbonyl (C=O) groups is 1. The molecule has 0 amide bonds. The largest absolute Gasteiger partial charge is 0.455 e. The van der Waals surface area contributed by atoms with Crippen LogP contribution in [0.3, 0.4) is 0 Å². The van der Waals surface area contributed by atoms with Crippen LogP contribution in [0.15, 0.2) is 11.6 Å². The maximum absolute atomic E-state index is 11.7. The van der Waals surface area contributed by atoms with Crippen LogP contribution < -0.4 is 0 Å². The molecule has 2 saturated heterocycles. The summed E-state index contributed by atoms with van der Waals surface area (Å²) in [5, 5.41) is 41.8. The van der Waals surface area contributed by atoms with Gasteiger partial charge in [0.2, 0.25) is 0 Å². The third kappa shape index (κ3) is 14.7. The van der Waals surface area contributed by atoms with Crippen LogP contribution in [0.4, 0.5) is 0 Å². The van der Waals surface area contributed by atoms with Gasteiger partial charge in [0, 0.05) is 12.0 Å². The van der Waals surface area contributed by atoms with Crippen molar-refractivity contribution in [3.05, 3.63) is 11.6 Å². The van der Waals surface area contributed by atoms with Crippen molar-refractivity contribution < 1.29 is 39.4 Å². The summed E-state index contributed by atoms with van der Waals surface area (Å²) in [6, 6.07) is 0. The first-order valence-corrected chi connectivity index (χ1v) is 18.7. The highest BCUT2D eigenvalue weighted by atomic mass is 16.6. The number of aliphatic hydroxyl groups is 4. The predicted molar refractivity (Wildman–Crippen MR) is 177 cm³/mol. The average Bonchev–Trinajstić information content (AvgIpc) is 3.76. The molecule has 262 valence electrons. The van der Waals surface area contributed by atoms with Crippen LogP contribution in [0.5, 0.6) is 0 Å². The van der Waals surface area contributed by atoms with E-state index in [9.17, 15) is 25.2 Å². The molecule has 3 heterocycles. The number of hydrogen-bond acceptors (Lipinski definition) is 8. The lowest BCUT2D eigenvalue weighted by Crippen LogP contribution is -2.33. The van der Waals surface area contributed by atoms with Crippen LogP contribution in [0.1, 0.15) is 162 Å². The SMILES string of the molecule is CCCCCCCCCC[C@H](O)[C@@H](O)CC[C@@H](O)[C@H]1CC[C@H]([C@H]2CC[C@@H](CCCCCCCC(O)CC3=CC(C)OC3=O)O2)O1. The summed E-state index contributed by atoms with van der Waals surface area (Å²) in [5.41, 5.74) is 0.606. The molecule has 0 aromatic carbocycles. The molecule has 0 radical (unpaired) electrons. The van der Waals surface area contributed by atoms with E-state index in [0.29, 0.717) is 37.7 Å². The molecular formula is C37H66O8. The summed E-state index contributed by atoms with van der Waals surface area (Å²) in [7, 11) is 0. The first kappa shape index (κ1) is 38.4. The highest BCUT2D eigenvalue weighted by molar-refractivity contribution is 5.90.